The number of nitrogens with zero attached hydrogens (tertiary/aromatic N) is 3. The fourth-order valence-corrected chi connectivity index (χ4v) is 9.79. The Morgan fingerprint density at radius 3 is 2.34 bits per heavy atom. The van der Waals surface area contributed by atoms with Crippen molar-refractivity contribution in [3.8, 4) is 22.2 Å². The van der Waals surface area contributed by atoms with E-state index in [1.54, 1.807) is 46.1 Å². The number of methoxy groups -OCH3 is 1. The summed E-state index contributed by atoms with van der Waals surface area (Å²) in [5, 5.41) is 8.82. The van der Waals surface area contributed by atoms with Crippen molar-refractivity contribution in [3.05, 3.63) is 64.4 Å². The number of pyridine rings is 1. The number of carbonyl (C=O) groups is 3. The maximum atomic E-state index is 14.9. The minimum Gasteiger partial charge on any atom is -0.496 e. The van der Waals surface area contributed by atoms with Crippen LogP contribution in [0.25, 0.3) is 21.6 Å². The summed E-state index contributed by atoms with van der Waals surface area (Å²) in [6.45, 7) is 14.2. The van der Waals surface area contributed by atoms with Crippen LogP contribution in [0.5, 0.6) is 11.5 Å². The predicted molar refractivity (Wildman–Crippen MR) is 237 cm³/mol. The smallest absolute Gasteiger partial charge is 0.419 e. The molecule has 4 unspecified atom stereocenters. The predicted octanol–water partition coefficient (Wildman–Crippen LogP) is 8.51. The number of sulfonamides is 1. The van der Waals surface area contributed by atoms with Crippen LogP contribution in [0.15, 0.2) is 41.8 Å². The van der Waals surface area contributed by atoms with Crippen LogP contribution in [0.1, 0.15) is 110 Å². The highest BCUT2D eigenvalue weighted by Gasteiger charge is 2.52. The Hall–Kier alpha value is -5.04. The molecule has 348 valence electrons. The molecule has 19 heteroatoms. The van der Waals surface area contributed by atoms with Gasteiger partial charge in [-0.3, -0.25) is 19.1 Å². The van der Waals surface area contributed by atoms with Gasteiger partial charge >= 0.3 is 6.18 Å². The number of unbranched alkanes of at least 4 members (excludes halogenated alkanes) is 1. The van der Waals surface area contributed by atoms with Crippen molar-refractivity contribution in [2.24, 2.45) is 5.41 Å². The van der Waals surface area contributed by atoms with Crippen molar-refractivity contribution in [1.29, 1.82) is 0 Å². The average molecular weight is 933 g/mol. The quantitative estimate of drug-likeness (QED) is 0.0927. The molecule has 0 spiro atoms. The number of amides is 3. The van der Waals surface area contributed by atoms with Crippen LogP contribution in [0.3, 0.4) is 0 Å². The lowest BCUT2D eigenvalue weighted by Gasteiger charge is -2.36. The summed E-state index contributed by atoms with van der Waals surface area (Å²) in [6, 6.07) is 3.82. The Balaban J connectivity index is 1.39. The number of anilines is 1. The maximum absolute atomic E-state index is 14.9. The molecule has 1 saturated carbocycles. The van der Waals surface area contributed by atoms with Gasteiger partial charge in [-0.25, -0.2) is 22.8 Å². The number of ether oxygens (including phenoxy) is 2. The number of halogens is 4. The van der Waals surface area contributed by atoms with E-state index in [2.05, 4.69) is 15.4 Å². The molecule has 13 nitrogen and oxygen atoms in total. The summed E-state index contributed by atoms with van der Waals surface area (Å²) in [5.41, 5.74) is 0.0158. The first-order chi connectivity index (χ1) is 29.9. The Bertz CT molecular complexity index is 2520. The van der Waals surface area contributed by atoms with Crippen molar-refractivity contribution in [2.75, 3.05) is 19.0 Å². The topological polar surface area (TPSA) is 169 Å². The molecule has 3 amide bonds. The number of rotatable bonds is 16. The van der Waals surface area contributed by atoms with E-state index in [0.717, 1.165) is 17.3 Å². The standard InChI is InChI=1S/C45H56F4N6O7S2/c1-10-11-12-31(39(56)54-64(59,60)44(8)17-18-44)52-40(57)34-20-27(22-55(34)42(58)38(43(5,6)7)50-26-13-15-30(46)29(19-26)45(47,48)49)62-36-21-32(41-53-33(23-63-41)24(2)3)51-37-25(4)35(61-9)16-14-28(36)37/h13-16,19,21,23-24,27,31,34,38,50H,10-12,17-18,20,22H2,1-9H3,(H,52,57)(H,54,56). The molecule has 6 rings (SSSR count). The van der Waals surface area contributed by atoms with Crippen molar-refractivity contribution in [3.63, 3.8) is 0 Å². The van der Waals surface area contributed by atoms with Crippen LogP contribution >= 0.6 is 11.3 Å². The number of fused-ring (bicyclic) bond motifs is 1. The first kappa shape index (κ1) is 48.4. The molecule has 2 aromatic carbocycles. The van der Waals surface area contributed by atoms with Crippen LogP contribution in [0, 0.1) is 18.2 Å². The minimum atomic E-state index is -5.01. The van der Waals surface area contributed by atoms with E-state index in [9.17, 15) is 40.4 Å². The monoisotopic (exact) mass is 932 g/mol. The summed E-state index contributed by atoms with van der Waals surface area (Å²) < 4.78 is 95.3. The SMILES string of the molecule is CCCCC(NC(=O)C1CC(Oc2cc(-c3nc(C(C)C)cs3)nc3c(C)c(OC)ccc23)CN1C(=O)C(Nc1ccc(F)c(C(F)(F)F)c1)C(C)(C)C)C(=O)NS(=O)(=O)C1(C)CC1. The molecule has 0 radical (unpaired) electrons. The molecule has 2 fully saturated rings. The zero-order valence-corrected chi connectivity index (χ0v) is 39.0. The van der Waals surface area contributed by atoms with Gasteiger partial charge in [0, 0.05) is 34.5 Å². The highest BCUT2D eigenvalue weighted by Crippen LogP contribution is 2.43. The first-order valence-corrected chi connectivity index (χ1v) is 23.6. The Morgan fingerprint density at radius 1 is 1.05 bits per heavy atom. The van der Waals surface area contributed by atoms with Gasteiger partial charge in [-0.2, -0.15) is 13.2 Å². The molecule has 1 aliphatic carbocycles. The highest BCUT2D eigenvalue weighted by molar-refractivity contribution is 7.91. The number of hydrogen-bond donors (Lipinski definition) is 3. The number of benzene rings is 2. The summed E-state index contributed by atoms with van der Waals surface area (Å²) >= 11 is 1.42. The molecule has 1 aliphatic heterocycles. The lowest BCUT2D eigenvalue weighted by molar-refractivity contribution is -0.141. The average Bonchev–Trinajstić information content (AvgIpc) is 3.58. The summed E-state index contributed by atoms with van der Waals surface area (Å²) in [7, 11) is -2.51. The second kappa shape index (κ2) is 18.4. The van der Waals surface area contributed by atoms with Crippen molar-refractivity contribution in [1.82, 2.24) is 24.9 Å². The molecule has 4 atom stereocenters. The van der Waals surface area contributed by atoms with Gasteiger partial charge < -0.3 is 25.0 Å². The van der Waals surface area contributed by atoms with Gasteiger partial charge in [0.2, 0.25) is 21.8 Å². The van der Waals surface area contributed by atoms with E-state index in [1.807, 2.05) is 33.1 Å². The van der Waals surface area contributed by atoms with Gasteiger partial charge in [0.05, 0.1) is 35.2 Å². The highest BCUT2D eigenvalue weighted by atomic mass is 32.2. The van der Waals surface area contributed by atoms with Crippen molar-refractivity contribution >= 4 is 55.7 Å². The van der Waals surface area contributed by atoms with E-state index < -0.39 is 79.7 Å². The molecule has 0 bridgehead atoms. The number of nitrogens with one attached hydrogen (secondary N) is 3. The third-order valence-corrected chi connectivity index (χ3v) is 14.9. The van der Waals surface area contributed by atoms with Gasteiger partial charge in [0.15, 0.2) is 0 Å². The van der Waals surface area contributed by atoms with Gasteiger partial charge in [-0.15, -0.1) is 11.3 Å². The van der Waals surface area contributed by atoms with E-state index in [0.29, 0.717) is 70.9 Å². The number of aromatic nitrogens is 2. The molecule has 64 heavy (non-hydrogen) atoms. The Morgan fingerprint density at radius 2 is 1.75 bits per heavy atom. The zero-order valence-electron chi connectivity index (χ0n) is 37.4. The van der Waals surface area contributed by atoms with Gasteiger partial charge in [0.25, 0.3) is 5.91 Å². The number of alkyl halides is 3. The van der Waals surface area contributed by atoms with Crippen LogP contribution in [-0.2, 0) is 30.6 Å². The largest absolute Gasteiger partial charge is 0.496 e. The van der Waals surface area contributed by atoms with Crippen LogP contribution in [0.4, 0.5) is 23.2 Å². The summed E-state index contributed by atoms with van der Waals surface area (Å²) in [6.07, 6.45) is -4.02. The molecule has 4 aromatic rings. The van der Waals surface area contributed by atoms with Crippen LogP contribution in [0.2, 0.25) is 0 Å². The Labute approximate surface area is 375 Å². The van der Waals surface area contributed by atoms with Crippen LogP contribution in [-0.4, -0.2) is 83.6 Å². The molecular formula is C45H56F4N6O7S2. The lowest BCUT2D eigenvalue weighted by atomic mass is 9.85. The van der Waals surface area contributed by atoms with E-state index in [4.69, 9.17) is 19.4 Å². The molecule has 1 saturated heterocycles. The van der Waals surface area contributed by atoms with E-state index in [-0.39, 0.29) is 31.0 Å². The molecule has 2 aromatic heterocycles. The number of thiazole rings is 1. The second-order valence-corrected chi connectivity index (χ2v) is 21.3. The molecule has 2 aliphatic rings. The fourth-order valence-electron chi connectivity index (χ4n) is 7.56. The minimum absolute atomic E-state index is 0.0925. The molecule has 3 N–H and O–H groups in total. The fraction of sp³-hybridized carbons (Fsp3) is 0.533. The summed E-state index contributed by atoms with van der Waals surface area (Å²) in [5.74, 6) is -2.71. The number of hydrogen-bond acceptors (Lipinski definition) is 11. The van der Waals surface area contributed by atoms with E-state index >= 15 is 0 Å². The van der Waals surface area contributed by atoms with E-state index in [1.165, 1.54) is 23.2 Å². The number of likely N-dealkylation sites (tertiary alicyclic amines) is 1. The second-order valence-electron chi connectivity index (χ2n) is 18.3. The summed E-state index contributed by atoms with van der Waals surface area (Å²) in [4.78, 5) is 54.1. The third-order valence-electron chi connectivity index (χ3n) is 11.9. The van der Waals surface area contributed by atoms with Gasteiger partial charge in [-0.1, -0.05) is 54.4 Å². The van der Waals surface area contributed by atoms with Gasteiger partial charge in [-0.05, 0) is 74.8 Å². The first-order valence-electron chi connectivity index (χ1n) is 21.3. The Kier molecular flexibility index (Phi) is 14.0. The maximum Gasteiger partial charge on any atom is 0.419 e. The third kappa shape index (κ3) is 10.4. The zero-order chi connectivity index (χ0) is 47.1. The number of aryl methyl sites for hydroxylation is 1. The van der Waals surface area contributed by atoms with Crippen LogP contribution < -0.4 is 24.8 Å². The van der Waals surface area contributed by atoms with Crippen molar-refractivity contribution in [2.45, 2.75) is 135 Å². The van der Waals surface area contributed by atoms with Crippen molar-refractivity contribution < 1.29 is 49.8 Å². The molecular weight excluding hydrogens is 877 g/mol. The lowest BCUT2D eigenvalue weighted by Crippen LogP contribution is -2.57. The molecule has 3 heterocycles. The van der Waals surface area contributed by atoms with Gasteiger partial charge in [0.1, 0.15) is 52.2 Å². The number of carbonyl (C=O) groups excluding carboxylic acids is 3. The normalized spacial score (nSPS) is 18.4.